The third-order valence-electron chi connectivity index (χ3n) is 2.26. The van der Waals surface area contributed by atoms with Crippen molar-refractivity contribution in [2.24, 2.45) is 0 Å². The number of aromatic nitrogens is 1. The monoisotopic (exact) mass is 285 g/mol. The summed E-state index contributed by atoms with van der Waals surface area (Å²) in [5.74, 6) is 0.334. The van der Waals surface area contributed by atoms with E-state index in [-0.39, 0.29) is 19.8 Å². The summed E-state index contributed by atoms with van der Waals surface area (Å²) in [5, 5.41) is 0. The summed E-state index contributed by atoms with van der Waals surface area (Å²) < 4.78 is 32.7. The van der Waals surface area contributed by atoms with E-state index in [4.69, 9.17) is 18.0 Å². The predicted octanol–water partition coefficient (Wildman–Crippen LogP) is 3.53. The molecule has 104 valence electrons. The fraction of sp³-hybridized carbons (Fsp3) is 0.417. The summed E-state index contributed by atoms with van der Waals surface area (Å²) in [6, 6.07) is 7.34. The van der Waals surface area contributed by atoms with Crippen molar-refractivity contribution in [1.29, 1.82) is 0 Å². The Hall–Kier alpha value is -1.20. The normalized spacial score (nSPS) is 12.1. The number of benzene rings is 1. The Morgan fingerprint density at radius 1 is 1.16 bits per heavy atom. The second kappa shape index (κ2) is 6.30. The van der Waals surface area contributed by atoms with Crippen LogP contribution in [-0.4, -0.2) is 18.2 Å². The SMILES string of the molecule is CCOP(=O)(OCC)OCc1nc2ccccc2o1. The van der Waals surface area contributed by atoms with Crippen LogP contribution in [0, 0.1) is 0 Å². The zero-order valence-corrected chi connectivity index (χ0v) is 11.8. The first-order valence-electron chi connectivity index (χ1n) is 6.05. The van der Waals surface area contributed by atoms with Crippen LogP contribution in [0.5, 0.6) is 0 Å². The van der Waals surface area contributed by atoms with Gasteiger partial charge in [0.2, 0.25) is 5.89 Å². The molecule has 1 heterocycles. The molecular weight excluding hydrogens is 269 g/mol. The van der Waals surface area contributed by atoms with Crippen molar-refractivity contribution >= 4 is 18.9 Å². The number of para-hydroxylation sites is 2. The lowest BCUT2D eigenvalue weighted by atomic mass is 10.3. The lowest BCUT2D eigenvalue weighted by molar-refractivity contribution is 0.109. The van der Waals surface area contributed by atoms with Gasteiger partial charge in [0, 0.05) is 0 Å². The van der Waals surface area contributed by atoms with Gasteiger partial charge in [-0.3, -0.25) is 13.6 Å². The Kier molecular flexibility index (Phi) is 4.71. The third kappa shape index (κ3) is 3.64. The zero-order valence-electron chi connectivity index (χ0n) is 10.9. The fourth-order valence-electron chi connectivity index (χ4n) is 1.54. The molecule has 0 saturated carbocycles. The number of phosphoric acid groups is 1. The maximum absolute atomic E-state index is 12.1. The van der Waals surface area contributed by atoms with E-state index in [0.29, 0.717) is 11.5 Å². The van der Waals surface area contributed by atoms with Gasteiger partial charge >= 0.3 is 7.82 Å². The Balaban J connectivity index is 2.06. The van der Waals surface area contributed by atoms with Gasteiger partial charge in [-0.05, 0) is 26.0 Å². The molecule has 0 saturated heterocycles. The molecule has 1 aromatic carbocycles. The molecule has 0 aliphatic rings. The topological polar surface area (TPSA) is 70.8 Å². The predicted molar refractivity (Wildman–Crippen MR) is 69.7 cm³/mol. The lowest BCUT2D eigenvalue weighted by Crippen LogP contribution is -2.00. The van der Waals surface area contributed by atoms with E-state index in [9.17, 15) is 4.57 Å². The van der Waals surface area contributed by atoms with E-state index in [2.05, 4.69) is 4.98 Å². The van der Waals surface area contributed by atoms with Gasteiger partial charge in [0.1, 0.15) is 12.1 Å². The molecule has 2 rings (SSSR count). The van der Waals surface area contributed by atoms with Crippen LogP contribution in [0.1, 0.15) is 19.7 Å². The van der Waals surface area contributed by atoms with Crippen molar-refractivity contribution in [3.63, 3.8) is 0 Å². The number of hydrogen-bond donors (Lipinski definition) is 0. The summed E-state index contributed by atoms with van der Waals surface area (Å²) in [6.07, 6.45) is 0. The minimum absolute atomic E-state index is 0.0635. The molecule has 19 heavy (non-hydrogen) atoms. The molecule has 0 unspecified atom stereocenters. The van der Waals surface area contributed by atoms with Crippen molar-refractivity contribution in [2.75, 3.05) is 13.2 Å². The van der Waals surface area contributed by atoms with Crippen LogP contribution in [0.15, 0.2) is 28.7 Å². The molecule has 0 fully saturated rings. The molecule has 0 bridgehead atoms. The van der Waals surface area contributed by atoms with Crippen LogP contribution in [0.25, 0.3) is 11.1 Å². The number of fused-ring (bicyclic) bond motifs is 1. The van der Waals surface area contributed by atoms with Crippen LogP contribution in [-0.2, 0) is 24.7 Å². The van der Waals surface area contributed by atoms with Gasteiger partial charge < -0.3 is 4.42 Å². The molecule has 0 N–H and O–H groups in total. The van der Waals surface area contributed by atoms with Gasteiger partial charge in [-0.2, -0.15) is 0 Å². The highest BCUT2D eigenvalue weighted by Crippen LogP contribution is 2.49. The van der Waals surface area contributed by atoms with Crippen LogP contribution >= 0.6 is 7.82 Å². The highest BCUT2D eigenvalue weighted by atomic mass is 31.2. The summed E-state index contributed by atoms with van der Waals surface area (Å²) in [4.78, 5) is 4.21. The highest BCUT2D eigenvalue weighted by molar-refractivity contribution is 7.48. The first-order valence-corrected chi connectivity index (χ1v) is 7.51. The number of oxazole rings is 1. The molecule has 0 amide bonds. The van der Waals surface area contributed by atoms with Crippen molar-refractivity contribution in [3.05, 3.63) is 30.2 Å². The maximum Gasteiger partial charge on any atom is 0.475 e. The van der Waals surface area contributed by atoms with E-state index >= 15 is 0 Å². The summed E-state index contributed by atoms with van der Waals surface area (Å²) in [6.45, 7) is 3.85. The molecule has 6 nitrogen and oxygen atoms in total. The van der Waals surface area contributed by atoms with Crippen molar-refractivity contribution in [2.45, 2.75) is 20.5 Å². The summed E-state index contributed by atoms with van der Waals surface area (Å²) in [5.41, 5.74) is 1.38. The number of phosphoric ester groups is 1. The third-order valence-corrected chi connectivity index (χ3v) is 3.85. The first kappa shape index (κ1) is 14.2. The van der Waals surface area contributed by atoms with E-state index in [1.165, 1.54) is 0 Å². The second-order valence-corrected chi connectivity index (χ2v) is 5.30. The molecule has 0 spiro atoms. The minimum atomic E-state index is -3.53. The van der Waals surface area contributed by atoms with Crippen molar-refractivity contribution in [3.8, 4) is 0 Å². The van der Waals surface area contributed by atoms with E-state index in [1.54, 1.807) is 19.9 Å². The Bertz CT molecular complexity index is 539. The van der Waals surface area contributed by atoms with Crippen LogP contribution in [0.4, 0.5) is 0 Å². The van der Waals surface area contributed by atoms with Crippen molar-refractivity contribution < 1.29 is 22.6 Å². The molecule has 0 atom stereocenters. The quantitative estimate of drug-likeness (QED) is 0.725. The van der Waals surface area contributed by atoms with Crippen LogP contribution < -0.4 is 0 Å². The molecule has 0 aliphatic heterocycles. The standard InChI is InChI=1S/C12H16NO5P/c1-3-15-19(14,16-4-2)17-9-12-13-10-7-5-6-8-11(10)18-12/h5-8H,3-4,9H2,1-2H3. The second-order valence-electron chi connectivity index (χ2n) is 3.63. The first-order chi connectivity index (χ1) is 9.17. The van der Waals surface area contributed by atoms with Gasteiger partial charge in [0.15, 0.2) is 5.58 Å². The number of rotatable bonds is 7. The minimum Gasteiger partial charge on any atom is -0.438 e. The summed E-state index contributed by atoms with van der Waals surface area (Å²) in [7, 11) is -3.53. The smallest absolute Gasteiger partial charge is 0.438 e. The Labute approximate surface area is 111 Å². The van der Waals surface area contributed by atoms with E-state index in [0.717, 1.165) is 5.52 Å². The van der Waals surface area contributed by atoms with E-state index < -0.39 is 7.82 Å². The molecule has 0 radical (unpaired) electrons. The van der Waals surface area contributed by atoms with Crippen molar-refractivity contribution in [1.82, 2.24) is 4.98 Å². The molecule has 7 heteroatoms. The molecular formula is C12H16NO5P. The molecule has 1 aromatic heterocycles. The average molecular weight is 285 g/mol. The van der Waals surface area contributed by atoms with Crippen LogP contribution in [0.3, 0.4) is 0 Å². The van der Waals surface area contributed by atoms with E-state index in [1.807, 2.05) is 18.2 Å². The Morgan fingerprint density at radius 3 is 2.47 bits per heavy atom. The Morgan fingerprint density at radius 2 is 1.84 bits per heavy atom. The van der Waals surface area contributed by atoms with Gasteiger partial charge in [-0.15, -0.1) is 0 Å². The van der Waals surface area contributed by atoms with Gasteiger partial charge in [0.05, 0.1) is 13.2 Å². The summed E-state index contributed by atoms with van der Waals surface area (Å²) >= 11 is 0. The largest absolute Gasteiger partial charge is 0.475 e. The maximum atomic E-state index is 12.1. The number of nitrogens with zero attached hydrogens (tertiary/aromatic N) is 1. The van der Waals surface area contributed by atoms with Crippen LogP contribution in [0.2, 0.25) is 0 Å². The fourth-order valence-corrected chi connectivity index (χ4v) is 2.67. The molecule has 0 aliphatic carbocycles. The van der Waals surface area contributed by atoms with Gasteiger partial charge in [-0.25, -0.2) is 9.55 Å². The number of hydrogen-bond acceptors (Lipinski definition) is 6. The van der Waals surface area contributed by atoms with Gasteiger partial charge in [0.25, 0.3) is 0 Å². The lowest BCUT2D eigenvalue weighted by Gasteiger charge is -2.14. The zero-order chi connectivity index (χ0) is 13.7. The van der Waals surface area contributed by atoms with Gasteiger partial charge in [-0.1, -0.05) is 12.1 Å². The highest BCUT2D eigenvalue weighted by Gasteiger charge is 2.26. The average Bonchev–Trinajstić information content (AvgIpc) is 2.80. The molecule has 2 aromatic rings.